The van der Waals surface area contributed by atoms with Gasteiger partial charge >= 0.3 is 0 Å². The number of hydrogen-bond acceptors (Lipinski definition) is 4. The highest BCUT2D eigenvalue weighted by molar-refractivity contribution is 7.18. The van der Waals surface area contributed by atoms with E-state index in [1.165, 1.54) is 4.70 Å². The fraction of sp³-hybridized carbons (Fsp3) is 0.267. The SMILES string of the molecule is NC(CCc1ccco1)Cc1nc2ccccc2s1. The summed E-state index contributed by atoms with van der Waals surface area (Å²) in [6.07, 6.45) is 4.34. The second-order valence-electron chi connectivity index (χ2n) is 4.66. The fourth-order valence-corrected chi connectivity index (χ4v) is 3.18. The van der Waals surface area contributed by atoms with Crippen molar-refractivity contribution in [3.05, 3.63) is 53.4 Å². The molecule has 0 aliphatic heterocycles. The topological polar surface area (TPSA) is 52.0 Å². The van der Waals surface area contributed by atoms with Crippen LogP contribution < -0.4 is 5.73 Å². The number of hydrogen-bond donors (Lipinski definition) is 1. The smallest absolute Gasteiger partial charge is 0.103 e. The van der Waals surface area contributed by atoms with Gasteiger partial charge in [0.15, 0.2) is 0 Å². The van der Waals surface area contributed by atoms with Crippen molar-refractivity contribution in [3.63, 3.8) is 0 Å². The van der Waals surface area contributed by atoms with Gasteiger partial charge in [0.25, 0.3) is 0 Å². The van der Waals surface area contributed by atoms with Gasteiger partial charge in [-0.3, -0.25) is 0 Å². The molecule has 0 saturated carbocycles. The molecule has 0 saturated heterocycles. The zero-order valence-electron chi connectivity index (χ0n) is 10.6. The third kappa shape index (κ3) is 3.03. The van der Waals surface area contributed by atoms with Crippen molar-refractivity contribution < 1.29 is 4.42 Å². The quantitative estimate of drug-likeness (QED) is 0.774. The van der Waals surface area contributed by atoms with Crippen molar-refractivity contribution in [2.45, 2.75) is 25.3 Å². The van der Waals surface area contributed by atoms with E-state index >= 15 is 0 Å². The normalized spacial score (nSPS) is 12.9. The number of benzene rings is 1. The summed E-state index contributed by atoms with van der Waals surface area (Å²) in [7, 11) is 0. The van der Waals surface area contributed by atoms with E-state index in [1.807, 2.05) is 30.3 Å². The molecule has 0 aliphatic carbocycles. The van der Waals surface area contributed by atoms with Crippen molar-refractivity contribution in [2.24, 2.45) is 5.73 Å². The lowest BCUT2D eigenvalue weighted by Gasteiger charge is -2.07. The Hall–Kier alpha value is -1.65. The van der Waals surface area contributed by atoms with Gasteiger partial charge in [-0.1, -0.05) is 12.1 Å². The molecular formula is C15H16N2OS. The summed E-state index contributed by atoms with van der Waals surface area (Å²) in [6.45, 7) is 0. The first kappa shape index (κ1) is 12.4. The van der Waals surface area contributed by atoms with Crippen LogP contribution in [-0.2, 0) is 12.8 Å². The number of nitrogens with two attached hydrogens (primary N) is 1. The monoisotopic (exact) mass is 272 g/mol. The maximum absolute atomic E-state index is 6.17. The second-order valence-corrected chi connectivity index (χ2v) is 5.77. The first-order chi connectivity index (χ1) is 9.31. The van der Waals surface area contributed by atoms with Crippen LogP contribution >= 0.6 is 11.3 Å². The van der Waals surface area contributed by atoms with Crippen molar-refractivity contribution in [2.75, 3.05) is 0 Å². The van der Waals surface area contributed by atoms with E-state index in [0.29, 0.717) is 0 Å². The molecule has 3 aromatic rings. The van der Waals surface area contributed by atoms with Gasteiger partial charge in [-0.15, -0.1) is 11.3 Å². The van der Waals surface area contributed by atoms with Gasteiger partial charge in [0.05, 0.1) is 21.5 Å². The molecule has 3 rings (SSSR count). The van der Waals surface area contributed by atoms with Crippen molar-refractivity contribution in [3.8, 4) is 0 Å². The maximum Gasteiger partial charge on any atom is 0.103 e. The number of para-hydroxylation sites is 1. The van der Waals surface area contributed by atoms with Crippen LogP contribution in [0.25, 0.3) is 10.2 Å². The van der Waals surface area contributed by atoms with Gasteiger partial charge in [0.2, 0.25) is 0 Å². The first-order valence-electron chi connectivity index (χ1n) is 6.43. The van der Waals surface area contributed by atoms with E-state index < -0.39 is 0 Å². The van der Waals surface area contributed by atoms with Gasteiger partial charge in [-0.2, -0.15) is 0 Å². The van der Waals surface area contributed by atoms with Gasteiger partial charge < -0.3 is 10.2 Å². The minimum Gasteiger partial charge on any atom is -0.469 e. The predicted octanol–water partition coefficient (Wildman–Crippen LogP) is 3.39. The van der Waals surface area contributed by atoms with E-state index in [4.69, 9.17) is 10.2 Å². The third-order valence-corrected chi connectivity index (χ3v) is 4.18. The molecule has 3 nitrogen and oxygen atoms in total. The van der Waals surface area contributed by atoms with Crippen LogP contribution in [0, 0.1) is 0 Å². The number of aryl methyl sites for hydroxylation is 1. The molecule has 4 heteroatoms. The molecular weight excluding hydrogens is 256 g/mol. The Bertz CT molecular complexity index is 612. The minimum absolute atomic E-state index is 0.130. The number of thiazole rings is 1. The van der Waals surface area contributed by atoms with Crippen molar-refractivity contribution in [1.82, 2.24) is 4.98 Å². The van der Waals surface area contributed by atoms with Crippen LogP contribution in [-0.4, -0.2) is 11.0 Å². The number of furan rings is 1. The number of aromatic nitrogens is 1. The average molecular weight is 272 g/mol. The molecule has 0 aliphatic rings. The summed E-state index contributed by atoms with van der Waals surface area (Å²) in [6, 6.07) is 12.2. The number of fused-ring (bicyclic) bond motifs is 1. The van der Waals surface area contributed by atoms with E-state index in [2.05, 4.69) is 11.1 Å². The molecule has 0 spiro atoms. The summed E-state index contributed by atoms with van der Waals surface area (Å²) >= 11 is 1.73. The van der Waals surface area contributed by atoms with Crippen LogP contribution in [0.5, 0.6) is 0 Å². The third-order valence-electron chi connectivity index (χ3n) is 3.12. The highest BCUT2D eigenvalue weighted by Crippen LogP contribution is 2.22. The summed E-state index contributed by atoms with van der Waals surface area (Å²) in [4.78, 5) is 4.61. The Morgan fingerprint density at radius 3 is 2.89 bits per heavy atom. The summed E-state index contributed by atoms with van der Waals surface area (Å²) in [5, 5.41) is 1.12. The molecule has 0 amide bonds. The Morgan fingerprint density at radius 1 is 1.21 bits per heavy atom. The van der Waals surface area contributed by atoms with Crippen LogP contribution in [0.15, 0.2) is 47.1 Å². The standard InChI is InChI=1S/C15H16N2OS/c16-11(7-8-12-4-3-9-18-12)10-15-17-13-5-1-2-6-14(13)19-15/h1-6,9,11H,7-8,10,16H2. The van der Waals surface area contributed by atoms with E-state index in [9.17, 15) is 0 Å². The van der Waals surface area contributed by atoms with E-state index in [1.54, 1.807) is 17.6 Å². The maximum atomic E-state index is 6.17. The number of nitrogens with zero attached hydrogens (tertiary/aromatic N) is 1. The molecule has 1 unspecified atom stereocenters. The largest absolute Gasteiger partial charge is 0.469 e. The van der Waals surface area contributed by atoms with Gasteiger partial charge in [0, 0.05) is 18.9 Å². The minimum atomic E-state index is 0.130. The molecule has 0 radical (unpaired) electrons. The zero-order valence-corrected chi connectivity index (χ0v) is 11.4. The lowest BCUT2D eigenvalue weighted by Crippen LogP contribution is -2.23. The van der Waals surface area contributed by atoms with Crippen LogP contribution in [0.2, 0.25) is 0 Å². The molecule has 19 heavy (non-hydrogen) atoms. The van der Waals surface area contributed by atoms with Gasteiger partial charge in [-0.25, -0.2) is 4.98 Å². The summed E-state index contributed by atoms with van der Waals surface area (Å²) in [5.41, 5.74) is 7.24. The van der Waals surface area contributed by atoms with Crippen molar-refractivity contribution >= 4 is 21.6 Å². The molecule has 1 aromatic carbocycles. The fourth-order valence-electron chi connectivity index (χ4n) is 2.12. The van der Waals surface area contributed by atoms with Crippen LogP contribution in [0.3, 0.4) is 0 Å². The molecule has 2 aromatic heterocycles. The van der Waals surface area contributed by atoms with Gasteiger partial charge in [-0.05, 0) is 30.7 Å². The van der Waals surface area contributed by atoms with Crippen molar-refractivity contribution in [1.29, 1.82) is 0 Å². The lowest BCUT2D eigenvalue weighted by molar-refractivity contribution is 0.484. The molecule has 0 bridgehead atoms. The van der Waals surface area contributed by atoms with Gasteiger partial charge in [0.1, 0.15) is 5.76 Å². The molecule has 98 valence electrons. The average Bonchev–Trinajstić information content (AvgIpc) is 3.04. The molecule has 1 atom stereocenters. The lowest BCUT2D eigenvalue weighted by atomic mass is 10.1. The Morgan fingerprint density at radius 2 is 2.11 bits per heavy atom. The molecule has 2 N–H and O–H groups in total. The molecule has 0 fully saturated rings. The Kier molecular flexibility index (Phi) is 3.62. The van der Waals surface area contributed by atoms with E-state index in [-0.39, 0.29) is 6.04 Å². The first-order valence-corrected chi connectivity index (χ1v) is 7.25. The highest BCUT2D eigenvalue weighted by atomic mass is 32.1. The second kappa shape index (κ2) is 5.55. The predicted molar refractivity (Wildman–Crippen MR) is 78.3 cm³/mol. The summed E-state index contributed by atoms with van der Waals surface area (Å²) in [5.74, 6) is 1.000. The number of rotatable bonds is 5. The highest BCUT2D eigenvalue weighted by Gasteiger charge is 2.09. The Labute approximate surface area is 116 Å². The summed E-state index contributed by atoms with van der Waals surface area (Å²) < 4.78 is 6.55. The van der Waals surface area contributed by atoms with Crippen LogP contribution in [0.4, 0.5) is 0 Å². The molecule has 2 heterocycles. The zero-order chi connectivity index (χ0) is 13.1. The van der Waals surface area contributed by atoms with E-state index in [0.717, 1.165) is 35.5 Å². The Balaban J connectivity index is 1.60. The van der Waals surface area contributed by atoms with Crippen LogP contribution in [0.1, 0.15) is 17.2 Å².